The van der Waals surface area contributed by atoms with Crippen molar-refractivity contribution >= 4 is 17.6 Å². The highest BCUT2D eigenvalue weighted by molar-refractivity contribution is 6.15. The number of hydrogen-bond donors (Lipinski definition) is 1. The van der Waals surface area contributed by atoms with E-state index in [1.165, 1.54) is 13.8 Å². The van der Waals surface area contributed by atoms with Gasteiger partial charge in [0.05, 0.1) is 11.3 Å². The van der Waals surface area contributed by atoms with Crippen LogP contribution in [0.15, 0.2) is 23.9 Å². The summed E-state index contributed by atoms with van der Waals surface area (Å²) in [6.45, 7) is 3.64. The van der Waals surface area contributed by atoms with Crippen molar-refractivity contribution < 1.29 is 36.6 Å². The van der Waals surface area contributed by atoms with Gasteiger partial charge in [-0.1, -0.05) is 0 Å². The highest BCUT2D eigenvalue weighted by Crippen LogP contribution is 2.38. The lowest BCUT2D eigenvalue weighted by molar-refractivity contribution is -0.222. The highest BCUT2D eigenvalue weighted by Gasteiger charge is 2.40. The predicted molar refractivity (Wildman–Crippen MR) is 74.1 cm³/mol. The van der Waals surface area contributed by atoms with Crippen LogP contribution in [0.4, 0.5) is 23.2 Å². The SMILES string of the molecule is Cc1c(F)ccc(NC=C2C(=O)OC(C)(C)OC2=O)c1C(F)(F)F. The standard InChI is InChI=1S/C15H13F4NO4/c1-7-9(16)4-5-10(11(7)15(17,18)19)20-6-8-12(21)23-14(2,3)24-13(8)22/h4-6,20H,1-3H3. The van der Waals surface area contributed by atoms with E-state index in [1.54, 1.807) is 0 Å². The highest BCUT2D eigenvalue weighted by atomic mass is 19.4. The van der Waals surface area contributed by atoms with Crippen LogP contribution in [-0.2, 0) is 25.2 Å². The summed E-state index contributed by atoms with van der Waals surface area (Å²) in [5, 5.41) is 2.20. The normalized spacial score (nSPS) is 17.2. The molecule has 1 aliphatic heterocycles. The molecule has 1 aromatic carbocycles. The van der Waals surface area contributed by atoms with Crippen molar-refractivity contribution in [1.29, 1.82) is 0 Å². The maximum atomic E-state index is 13.4. The molecule has 0 aliphatic carbocycles. The maximum absolute atomic E-state index is 13.4. The molecule has 1 heterocycles. The van der Waals surface area contributed by atoms with Gasteiger partial charge in [0.25, 0.3) is 5.79 Å². The number of halogens is 4. The Kier molecular flexibility index (Phi) is 4.30. The predicted octanol–water partition coefficient (Wildman–Crippen LogP) is 3.28. The molecule has 0 bridgehead atoms. The molecule has 0 spiro atoms. The Morgan fingerprint density at radius 3 is 2.17 bits per heavy atom. The number of carbonyl (C=O) groups excluding carboxylic acids is 2. The summed E-state index contributed by atoms with van der Waals surface area (Å²) in [6.07, 6.45) is -4.09. The van der Waals surface area contributed by atoms with Gasteiger partial charge in [-0.3, -0.25) is 0 Å². The zero-order valence-corrected chi connectivity index (χ0v) is 12.9. The minimum absolute atomic E-state index is 0.515. The Hall–Kier alpha value is -2.58. The van der Waals surface area contributed by atoms with Crippen molar-refractivity contribution in [1.82, 2.24) is 0 Å². The minimum atomic E-state index is -4.83. The summed E-state index contributed by atoms with van der Waals surface area (Å²) < 4.78 is 62.3. The summed E-state index contributed by atoms with van der Waals surface area (Å²) in [7, 11) is 0. The monoisotopic (exact) mass is 347 g/mol. The molecule has 1 fully saturated rings. The smallest absolute Gasteiger partial charge is 0.418 e. The van der Waals surface area contributed by atoms with Crippen molar-refractivity contribution in [2.75, 3.05) is 5.32 Å². The third kappa shape index (κ3) is 3.50. The average molecular weight is 347 g/mol. The van der Waals surface area contributed by atoms with Gasteiger partial charge in [0.15, 0.2) is 5.57 Å². The van der Waals surface area contributed by atoms with Crippen LogP contribution >= 0.6 is 0 Å². The van der Waals surface area contributed by atoms with Crippen molar-refractivity contribution in [3.05, 3.63) is 40.8 Å². The lowest BCUT2D eigenvalue weighted by Gasteiger charge is -2.29. The molecule has 0 unspecified atom stereocenters. The van der Waals surface area contributed by atoms with E-state index in [4.69, 9.17) is 9.47 Å². The van der Waals surface area contributed by atoms with Crippen LogP contribution in [-0.4, -0.2) is 17.7 Å². The van der Waals surface area contributed by atoms with E-state index < -0.39 is 52.1 Å². The Morgan fingerprint density at radius 2 is 1.67 bits per heavy atom. The Labute approximate surface area is 134 Å². The van der Waals surface area contributed by atoms with Crippen LogP contribution in [0.1, 0.15) is 25.0 Å². The average Bonchev–Trinajstić information content (AvgIpc) is 2.38. The fourth-order valence-electron chi connectivity index (χ4n) is 2.10. The second-order valence-electron chi connectivity index (χ2n) is 5.47. The summed E-state index contributed by atoms with van der Waals surface area (Å²) in [6, 6.07) is 1.69. The molecule has 9 heteroatoms. The van der Waals surface area contributed by atoms with Crippen molar-refractivity contribution in [2.45, 2.75) is 32.7 Å². The zero-order valence-electron chi connectivity index (χ0n) is 12.9. The third-order valence-electron chi connectivity index (χ3n) is 3.17. The molecule has 2 rings (SSSR count). The molecule has 1 aliphatic rings. The van der Waals surface area contributed by atoms with E-state index in [9.17, 15) is 27.2 Å². The second kappa shape index (κ2) is 5.81. The lowest BCUT2D eigenvalue weighted by Crippen LogP contribution is -2.42. The second-order valence-corrected chi connectivity index (χ2v) is 5.47. The summed E-state index contributed by atoms with van der Waals surface area (Å²) in [5.41, 5.74) is -2.97. The molecule has 0 radical (unpaired) electrons. The van der Waals surface area contributed by atoms with Crippen molar-refractivity contribution in [3.63, 3.8) is 0 Å². The molecule has 0 amide bonds. The van der Waals surface area contributed by atoms with Gasteiger partial charge in [-0.15, -0.1) is 0 Å². The van der Waals surface area contributed by atoms with Crippen LogP contribution < -0.4 is 5.32 Å². The summed E-state index contributed by atoms with van der Waals surface area (Å²) >= 11 is 0. The number of esters is 2. The molecular formula is C15H13F4NO4. The fourth-order valence-corrected chi connectivity index (χ4v) is 2.10. The summed E-state index contributed by atoms with van der Waals surface area (Å²) in [4.78, 5) is 23.5. The molecule has 5 nitrogen and oxygen atoms in total. The van der Waals surface area contributed by atoms with E-state index in [0.717, 1.165) is 25.3 Å². The first-order valence-corrected chi connectivity index (χ1v) is 6.72. The Balaban J connectivity index is 2.38. The topological polar surface area (TPSA) is 64.6 Å². The van der Waals surface area contributed by atoms with E-state index in [2.05, 4.69) is 5.32 Å². The first-order chi connectivity index (χ1) is 10.9. The Bertz CT molecular complexity index is 716. The number of cyclic esters (lactones) is 2. The number of nitrogens with one attached hydrogen (secondary N) is 1. The largest absolute Gasteiger partial charge is 0.419 e. The van der Waals surface area contributed by atoms with E-state index in [1.807, 2.05) is 0 Å². The number of ether oxygens (including phenoxy) is 2. The number of benzene rings is 1. The van der Waals surface area contributed by atoms with Crippen LogP contribution in [0, 0.1) is 12.7 Å². The molecule has 1 N–H and O–H groups in total. The number of anilines is 1. The van der Waals surface area contributed by atoms with Gasteiger partial charge in [0.1, 0.15) is 5.82 Å². The summed E-state index contributed by atoms with van der Waals surface area (Å²) in [5.74, 6) is -4.58. The van der Waals surface area contributed by atoms with E-state index in [0.29, 0.717) is 0 Å². The minimum Gasteiger partial charge on any atom is -0.419 e. The Morgan fingerprint density at radius 1 is 1.12 bits per heavy atom. The number of rotatable bonds is 2. The number of alkyl halides is 3. The van der Waals surface area contributed by atoms with Gasteiger partial charge >= 0.3 is 18.1 Å². The molecule has 1 saturated heterocycles. The van der Waals surface area contributed by atoms with Crippen LogP contribution in [0.2, 0.25) is 0 Å². The van der Waals surface area contributed by atoms with Crippen molar-refractivity contribution in [3.8, 4) is 0 Å². The molecule has 1 aromatic rings. The van der Waals surface area contributed by atoms with E-state index in [-0.39, 0.29) is 0 Å². The molecule has 0 saturated carbocycles. The van der Waals surface area contributed by atoms with Gasteiger partial charge in [-0.05, 0) is 24.6 Å². The molecule has 0 atom stereocenters. The third-order valence-corrected chi connectivity index (χ3v) is 3.17. The first-order valence-electron chi connectivity index (χ1n) is 6.72. The fraction of sp³-hybridized carbons (Fsp3) is 0.333. The van der Waals surface area contributed by atoms with Gasteiger partial charge < -0.3 is 14.8 Å². The van der Waals surface area contributed by atoms with Gasteiger partial charge in [0.2, 0.25) is 0 Å². The molecule has 24 heavy (non-hydrogen) atoms. The molecule has 130 valence electrons. The van der Waals surface area contributed by atoms with Gasteiger partial charge in [-0.25, -0.2) is 14.0 Å². The first kappa shape index (κ1) is 17.8. The maximum Gasteiger partial charge on any atom is 0.418 e. The van der Waals surface area contributed by atoms with Crippen molar-refractivity contribution in [2.24, 2.45) is 0 Å². The van der Waals surface area contributed by atoms with Crippen LogP contribution in [0.5, 0.6) is 0 Å². The van der Waals surface area contributed by atoms with E-state index >= 15 is 0 Å². The number of carbonyl (C=O) groups is 2. The lowest BCUT2D eigenvalue weighted by atomic mass is 10.1. The molecule has 0 aromatic heterocycles. The number of hydrogen-bond acceptors (Lipinski definition) is 5. The van der Waals surface area contributed by atoms with Gasteiger partial charge in [0, 0.05) is 20.0 Å². The van der Waals surface area contributed by atoms with Crippen LogP contribution in [0.3, 0.4) is 0 Å². The zero-order chi connectivity index (χ0) is 18.3. The molecular weight excluding hydrogens is 334 g/mol. The van der Waals surface area contributed by atoms with Gasteiger partial charge in [-0.2, -0.15) is 13.2 Å². The quantitative estimate of drug-likeness (QED) is 0.385. The van der Waals surface area contributed by atoms with Crippen LogP contribution in [0.25, 0.3) is 0 Å².